The molecule has 0 fully saturated rings. The van der Waals surface area contributed by atoms with Gasteiger partial charge in [-0.15, -0.1) is 0 Å². The quantitative estimate of drug-likeness (QED) is 0.570. The van der Waals surface area contributed by atoms with Crippen molar-refractivity contribution in [2.24, 2.45) is 0 Å². The molecule has 0 aliphatic rings. The van der Waals surface area contributed by atoms with E-state index in [4.69, 9.17) is 0 Å². The topological polar surface area (TPSA) is 86.8 Å². The van der Waals surface area contributed by atoms with Crippen molar-refractivity contribution in [3.05, 3.63) is 65.0 Å². The number of nitrogens with zero attached hydrogens (tertiary/aromatic N) is 2. The Bertz CT molecular complexity index is 1070. The largest absolute Gasteiger partial charge is 0.354 e. The summed E-state index contributed by atoms with van der Waals surface area (Å²) in [5, 5.41) is 2.77. The van der Waals surface area contributed by atoms with E-state index in [0.717, 1.165) is 28.1 Å². The van der Waals surface area contributed by atoms with Crippen molar-refractivity contribution in [1.82, 2.24) is 10.2 Å². The van der Waals surface area contributed by atoms with Gasteiger partial charge in [0.05, 0.1) is 11.9 Å². The van der Waals surface area contributed by atoms with Gasteiger partial charge < -0.3 is 10.2 Å². The van der Waals surface area contributed by atoms with Crippen LogP contribution >= 0.6 is 0 Å². The van der Waals surface area contributed by atoms with Crippen LogP contribution in [0, 0.1) is 19.7 Å². The van der Waals surface area contributed by atoms with E-state index >= 15 is 0 Å². The van der Waals surface area contributed by atoms with Crippen LogP contribution in [0.3, 0.4) is 0 Å². The van der Waals surface area contributed by atoms with Gasteiger partial charge in [-0.3, -0.25) is 13.9 Å². The van der Waals surface area contributed by atoms with Crippen molar-refractivity contribution in [1.29, 1.82) is 0 Å². The van der Waals surface area contributed by atoms with E-state index in [-0.39, 0.29) is 12.5 Å². The molecule has 0 saturated carbocycles. The van der Waals surface area contributed by atoms with Gasteiger partial charge in [0.25, 0.3) is 0 Å². The Balaban J connectivity index is 2.39. The van der Waals surface area contributed by atoms with Gasteiger partial charge in [0.2, 0.25) is 21.8 Å². The van der Waals surface area contributed by atoms with Gasteiger partial charge in [-0.2, -0.15) is 0 Å². The third kappa shape index (κ3) is 7.56. The number of anilines is 1. The Morgan fingerprint density at radius 3 is 2.15 bits per heavy atom. The van der Waals surface area contributed by atoms with Crippen molar-refractivity contribution in [3.63, 3.8) is 0 Å². The van der Waals surface area contributed by atoms with Crippen molar-refractivity contribution in [2.45, 2.75) is 46.7 Å². The fourth-order valence-corrected chi connectivity index (χ4v) is 4.31. The summed E-state index contributed by atoms with van der Waals surface area (Å²) in [7, 11) is -3.78. The molecular formula is C24H32FN3O4S. The summed E-state index contributed by atoms with van der Waals surface area (Å²) in [4.78, 5) is 27.4. The number of hydrogen-bond donors (Lipinski definition) is 1. The van der Waals surface area contributed by atoms with Gasteiger partial charge in [0.1, 0.15) is 18.4 Å². The third-order valence-corrected chi connectivity index (χ3v) is 6.30. The number of halogens is 1. The van der Waals surface area contributed by atoms with E-state index in [1.165, 1.54) is 29.2 Å². The van der Waals surface area contributed by atoms with Crippen LogP contribution in [0.4, 0.5) is 10.1 Å². The van der Waals surface area contributed by atoms with Gasteiger partial charge >= 0.3 is 0 Å². The van der Waals surface area contributed by atoms with Crippen LogP contribution in [0.15, 0.2) is 42.5 Å². The normalized spacial score (nSPS) is 12.2. The van der Waals surface area contributed by atoms with E-state index in [0.29, 0.717) is 17.8 Å². The predicted octanol–water partition coefficient (Wildman–Crippen LogP) is 3.15. The molecule has 0 unspecified atom stereocenters. The highest BCUT2D eigenvalue weighted by Crippen LogP contribution is 2.22. The minimum atomic E-state index is -3.78. The molecule has 180 valence electrons. The second-order valence-corrected chi connectivity index (χ2v) is 10.1. The molecule has 0 saturated heterocycles. The van der Waals surface area contributed by atoms with Crippen LogP contribution in [0.2, 0.25) is 0 Å². The summed E-state index contributed by atoms with van der Waals surface area (Å²) < 4.78 is 39.6. The summed E-state index contributed by atoms with van der Waals surface area (Å²) in [5.74, 6) is -1.30. The fraction of sp³-hybridized carbons (Fsp3) is 0.417. The third-order valence-electron chi connectivity index (χ3n) is 5.16. The Morgan fingerprint density at radius 2 is 1.64 bits per heavy atom. The fourth-order valence-electron chi connectivity index (χ4n) is 3.47. The van der Waals surface area contributed by atoms with Crippen LogP contribution in [-0.4, -0.2) is 50.5 Å². The molecule has 7 nitrogen and oxygen atoms in total. The molecule has 2 aromatic carbocycles. The first kappa shape index (κ1) is 26.3. The Labute approximate surface area is 195 Å². The standard InChI is InChI=1S/C24H32FN3O4S/c1-6-11-26-24(30)19(4)27(15-20-7-9-21(25)10-8-20)23(29)16-28(33(5,31)32)22-13-17(2)12-18(3)14-22/h7-10,12-14,19H,6,11,15-16H2,1-5H3,(H,26,30)/t19-/m0/s1. The van der Waals surface area contributed by atoms with Crippen LogP contribution in [-0.2, 0) is 26.2 Å². The summed E-state index contributed by atoms with van der Waals surface area (Å²) in [6.07, 6.45) is 1.78. The van der Waals surface area contributed by atoms with E-state index in [2.05, 4.69) is 5.32 Å². The lowest BCUT2D eigenvalue weighted by atomic mass is 10.1. The monoisotopic (exact) mass is 477 g/mol. The number of sulfonamides is 1. The van der Waals surface area contributed by atoms with E-state index < -0.39 is 34.3 Å². The van der Waals surface area contributed by atoms with Gasteiger partial charge in [0, 0.05) is 13.1 Å². The van der Waals surface area contributed by atoms with Crippen LogP contribution in [0.5, 0.6) is 0 Å². The number of hydrogen-bond acceptors (Lipinski definition) is 4. The molecule has 1 N–H and O–H groups in total. The number of amides is 2. The van der Waals surface area contributed by atoms with Gasteiger partial charge in [0.15, 0.2) is 0 Å². The second-order valence-electron chi connectivity index (χ2n) is 8.23. The predicted molar refractivity (Wildman–Crippen MR) is 128 cm³/mol. The maximum Gasteiger partial charge on any atom is 0.244 e. The zero-order valence-electron chi connectivity index (χ0n) is 19.8. The lowest BCUT2D eigenvalue weighted by Gasteiger charge is -2.31. The summed E-state index contributed by atoms with van der Waals surface area (Å²) in [5.41, 5.74) is 2.73. The first-order chi connectivity index (χ1) is 15.4. The van der Waals surface area contributed by atoms with Crippen LogP contribution in [0.1, 0.15) is 37.0 Å². The number of carbonyl (C=O) groups is 2. The maximum absolute atomic E-state index is 13.4. The average Bonchev–Trinajstić information content (AvgIpc) is 2.73. The van der Waals surface area contributed by atoms with Crippen molar-refractivity contribution < 1.29 is 22.4 Å². The Kier molecular flexibility index (Phi) is 8.99. The summed E-state index contributed by atoms with van der Waals surface area (Å²) in [6.45, 7) is 7.23. The SMILES string of the molecule is CCCNC(=O)[C@H](C)N(Cc1ccc(F)cc1)C(=O)CN(c1cc(C)cc(C)c1)S(C)(=O)=O. The first-order valence-corrected chi connectivity index (χ1v) is 12.6. The zero-order chi connectivity index (χ0) is 24.8. The molecule has 2 rings (SSSR count). The first-order valence-electron chi connectivity index (χ1n) is 10.8. The summed E-state index contributed by atoms with van der Waals surface area (Å²) >= 11 is 0. The highest BCUT2D eigenvalue weighted by Gasteiger charge is 2.30. The minimum absolute atomic E-state index is 0.0320. The molecule has 0 aliphatic heterocycles. The van der Waals surface area contributed by atoms with Gasteiger partial charge in [-0.05, 0) is 68.1 Å². The van der Waals surface area contributed by atoms with Gasteiger partial charge in [-0.1, -0.05) is 25.1 Å². The zero-order valence-corrected chi connectivity index (χ0v) is 20.6. The molecule has 0 aliphatic carbocycles. The second kappa shape index (κ2) is 11.3. The highest BCUT2D eigenvalue weighted by atomic mass is 32.2. The Hall–Kier alpha value is -2.94. The Morgan fingerprint density at radius 1 is 1.06 bits per heavy atom. The number of aryl methyl sites for hydroxylation is 2. The molecule has 0 heterocycles. The van der Waals surface area contributed by atoms with E-state index in [9.17, 15) is 22.4 Å². The highest BCUT2D eigenvalue weighted by molar-refractivity contribution is 7.92. The van der Waals surface area contributed by atoms with Crippen molar-refractivity contribution in [2.75, 3.05) is 23.7 Å². The van der Waals surface area contributed by atoms with Crippen LogP contribution < -0.4 is 9.62 Å². The van der Waals surface area contributed by atoms with Crippen molar-refractivity contribution >= 4 is 27.5 Å². The molecule has 9 heteroatoms. The molecule has 2 amide bonds. The van der Waals surface area contributed by atoms with E-state index in [1.807, 2.05) is 26.8 Å². The molecule has 0 spiro atoms. The molecule has 0 radical (unpaired) electrons. The maximum atomic E-state index is 13.4. The molecular weight excluding hydrogens is 445 g/mol. The molecule has 33 heavy (non-hydrogen) atoms. The summed E-state index contributed by atoms with van der Waals surface area (Å²) in [6, 6.07) is 10.1. The lowest BCUT2D eigenvalue weighted by Crippen LogP contribution is -2.51. The molecule has 2 aromatic rings. The van der Waals surface area contributed by atoms with Gasteiger partial charge in [-0.25, -0.2) is 12.8 Å². The molecule has 0 bridgehead atoms. The number of rotatable bonds is 10. The van der Waals surface area contributed by atoms with Crippen molar-refractivity contribution in [3.8, 4) is 0 Å². The molecule has 1 atom stereocenters. The molecule has 0 aromatic heterocycles. The minimum Gasteiger partial charge on any atom is -0.354 e. The van der Waals surface area contributed by atoms with Crippen LogP contribution in [0.25, 0.3) is 0 Å². The average molecular weight is 478 g/mol. The number of benzene rings is 2. The number of nitrogens with one attached hydrogen (secondary N) is 1. The number of carbonyl (C=O) groups excluding carboxylic acids is 2. The van der Waals surface area contributed by atoms with E-state index in [1.54, 1.807) is 19.1 Å². The smallest absolute Gasteiger partial charge is 0.244 e. The lowest BCUT2D eigenvalue weighted by molar-refractivity contribution is -0.139.